The molecule has 2 aromatic rings. The molecule has 26 heavy (non-hydrogen) atoms. The van der Waals surface area contributed by atoms with Crippen LogP contribution in [0.1, 0.15) is 35.3 Å². The van der Waals surface area contributed by atoms with Gasteiger partial charge in [0.25, 0.3) is 11.6 Å². The number of carbonyl (C=O) groups excluding carboxylic acids is 1. The molecule has 0 aliphatic rings. The van der Waals surface area contributed by atoms with E-state index in [1.807, 2.05) is 26.0 Å². The summed E-state index contributed by atoms with van der Waals surface area (Å²) in [5, 5.41) is 14.1. The monoisotopic (exact) mass is 358 g/mol. The van der Waals surface area contributed by atoms with Crippen molar-refractivity contribution < 1.29 is 19.2 Å². The molecule has 7 heteroatoms. The maximum Gasteiger partial charge on any atom is 0.296 e. The number of hydrogen-bond acceptors (Lipinski definition) is 5. The van der Waals surface area contributed by atoms with E-state index >= 15 is 0 Å². The topological polar surface area (TPSA) is 90.7 Å². The SMILES string of the molecule is CCOc1cc(NC(=O)c2ccc(C)cc2C)c([N+](=O)[O-])cc1OCC. The number of hydrogen-bond donors (Lipinski definition) is 1. The van der Waals surface area contributed by atoms with Gasteiger partial charge < -0.3 is 14.8 Å². The molecule has 0 saturated heterocycles. The first kappa shape index (κ1) is 19.2. The predicted molar refractivity (Wildman–Crippen MR) is 99.3 cm³/mol. The van der Waals surface area contributed by atoms with Crippen molar-refractivity contribution in [3.8, 4) is 11.5 Å². The molecule has 0 aliphatic carbocycles. The van der Waals surface area contributed by atoms with Gasteiger partial charge in [0.15, 0.2) is 11.5 Å². The fraction of sp³-hybridized carbons (Fsp3) is 0.316. The Kier molecular flexibility index (Phi) is 6.16. The van der Waals surface area contributed by atoms with Crippen LogP contribution in [0, 0.1) is 24.0 Å². The van der Waals surface area contributed by atoms with Gasteiger partial charge in [0.1, 0.15) is 5.69 Å². The molecule has 0 spiro atoms. The summed E-state index contributed by atoms with van der Waals surface area (Å²) in [6.45, 7) is 8.02. The Balaban J connectivity index is 2.44. The van der Waals surface area contributed by atoms with Crippen molar-refractivity contribution in [1.82, 2.24) is 0 Å². The highest BCUT2D eigenvalue weighted by molar-refractivity contribution is 6.06. The van der Waals surface area contributed by atoms with Gasteiger partial charge in [0.2, 0.25) is 0 Å². The highest BCUT2D eigenvalue weighted by Gasteiger charge is 2.22. The molecule has 0 bridgehead atoms. The third-order valence-electron chi connectivity index (χ3n) is 3.73. The van der Waals surface area contributed by atoms with Gasteiger partial charge in [-0.1, -0.05) is 17.7 Å². The lowest BCUT2D eigenvalue weighted by Gasteiger charge is -2.14. The molecule has 2 aromatic carbocycles. The predicted octanol–water partition coefficient (Wildman–Crippen LogP) is 4.26. The van der Waals surface area contributed by atoms with Crippen LogP contribution >= 0.6 is 0 Å². The van der Waals surface area contributed by atoms with E-state index in [2.05, 4.69) is 5.32 Å². The number of carbonyl (C=O) groups is 1. The minimum atomic E-state index is -0.560. The highest BCUT2D eigenvalue weighted by Crippen LogP contribution is 2.38. The van der Waals surface area contributed by atoms with Crippen LogP contribution in [-0.2, 0) is 0 Å². The molecule has 138 valence electrons. The molecule has 0 aromatic heterocycles. The Labute approximate surface area is 152 Å². The van der Waals surface area contributed by atoms with Crippen LogP contribution in [0.15, 0.2) is 30.3 Å². The zero-order valence-electron chi connectivity index (χ0n) is 15.3. The van der Waals surface area contributed by atoms with E-state index in [1.54, 1.807) is 19.9 Å². The van der Waals surface area contributed by atoms with E-state index in [0.717, 1.165) is 11.1 Å². The second-order valence-corrected chi connectivity index (χ2v) is 5.71. The quantitative estimate of drug-likeness (QED) is 0.590. The van der Waals surface area contributed by atoms with Gasteiger partial charge in [-0.3, -0.25) is 14.9 Å². The Morgan fingerprint density at radius 3 is 2.23 bits per heavy atom. The van der Waals surface area contributed by atoms with Crippen molar-refractivity contribution in [2.24, 2.45) is 0 Å². The molecular weight excluding hydrogens is 336 g/mol. The molecular formula is C19H22N2O5. The molecule has 2 rings (SSSR count). The molecule has 0 heterocycles. The third-order valence-corrected chi connectivity index (χ3v) is 3.73. The van der Waals surface area contributed by atoms with Gasteiger partial charge in [-0.15, -0.1) is 0 Å². The number of aryl methyl sites for hydroxylation is 2. The lowest BCUT2D eigenvalue weighted by Crippen LogP contribution is -2.15. The highest BCUT2D eigenvalue weighted by atomic mass is 16.6. The molecule has 7 nitrogen and oxygen atoms in total. The normalized spacial score (nSPS) is 10.3. The van der Waals surface area contributed by atoms with Crippen molar-refractivity contribution in [1.29, 1.82) is 0 Å². The summed E-state index contributed by atoms with van der Waals surface area (Å²) in [7, 11) is 0. The van der Waals surface area contributed by atoms with E-state index in [-0.39, 0.29) is 17.1 Å². The number of benzene rings is 2. The number of nitro groups is 1. The summed E-state index contributed by atoms with van der Waals surface area (Å²) in [6, 6.07) is 8.09. The van der Waals surface area contributed by atoms with Gasteiger partial charge in [-0.05, 0) is 39.3 Å². The summed E-state index contributed by atoms with van der Waals surface area (Å²) >= 11 is 0. The van der Waals surface area contributed by atoms with Crippen molar-refractivity contribution in [3.05, 3.63) is 57.1 Å². The van der Waals surface area contributed by atoms with Crippen LogP contribution in [0.5, 0.6) is 11.5 Å². The molecule has 1 amide bonds. The minimum Gasteiger partial charge on any atom is -0.490 e. The number of rotatable bonds is 7. The van der Waals surface area contributed by atoms with Gasteiger partial charge in [0.05, 0.1) is 24.2 Å². The first-order chi connectivity index (χ1) is 12.4. The van der Waals surface area contributed by atoms with Crippen LogP contribution in [0.25, 0.3) is 0 Å². The van der Waals surface area contributed by atoms with Crippen LogP contribution in [0.3, 0.4) is 0 Å². The average Bonchev–Trinajstić information content (AvgIpc) is 2.56. The lowest BCUT2D eigenvalue weighted by atomic mass is 10.1. The maximum atomic E-state index is 12.6. The zero-order chi connectivity index (χ0) is 19.3. The molecule has 1 N–H and O–H groups in total. The average molecular weight is 358 g/mol. The van der Waals surface area contributed by atoms with Gasteiger partial charge in [-0.25, -0.2) is 0 Å². The number of nitrogens with one attached hydrogen (secondary N) is 1. The lowest BCUT2D eigenvalue weighted by molar-refractivity contribution is -0.384. The number of nitrogens with zero attached hydrogens (tertiary/aromatic N) is 1. The number of anilines is 1. The Bertz CT molecular complexity index is 833. The molecule has 0 unspecified atom stereocenters. The summed E-state index contributed by atoms with van der Waals surface area (Å²) in [5.41, 5.74) is 2.09. The summed E-state index contributed by atoms with van der Waals surface area (Å²) < 4.78 is 10.9. The molecule has 0 radical (unpaired) electrons. The fourth-order valence-corrected chi connectivity index (χ4v) is 2.59. The van der Waals surface area contributed by atoms with Crippen molar-refractivity contribution in [2.75, 3.05) is 18.5 Å². The van der Waals surface area contributed by atoms with E-state index in [1.165, 1.54) is 12.1 Å². The smallest absolute Gasteiger partial charge is 0.296 e. The molecule has 0 atom stereocenters. The van der Waals surface area contributed by atoms with Gasteiger partial charge in [0, 0.05) is 11.6 Å². The van der Waals surface area contributed by atoms with Crippen molar-refractivity contribution in [2.45, 2.75) is 27.7 Å². The van der Waals surface area contributed by atoms with Gasteiger partial charge >= 0.3 is 0 Å². The fourth-order valence-electron chi connectivity index (χ4n) is 2.59. The number of ether oxygens (including phenoxy) is 2. The Morgan fingerprint density at radius 1 is 1.08 bits per heavy atom. The second kappa shape index (κ2) is 8.33. The largest absolute Gasteiger partial charge is 0.490 e. The summed E-state index contributed by atoms with van der Waals surface area (Å²) in [6.07, 6.45) is 0. The third kappa shape index (κ3) is 4.30. The van der Waals surface area contributed by atoms with Crippen LogP contribution in [0.4, 0.5) is 11.4 Å². The van der Waals surface area contributed by atoms with Crippen molar-refractivity contribution >= 4 is 17.3 Å². The van der Waals surface area contributed by atoms with E-state index in [4.69, 9.17) is 9.47 Å². The first-order valence-electron chi connectivity index (χ1n) is 8.34. The Morgan fingerprint density at radius 2 is 1.69 bits per heavy atom. The van der Waals surface area contributed by atoms with Crippen LogP contribution < -0.4 is 14.8 Å². The summed E-state index contributed by atoms with van der Waals surface area (Å²) in [5.74, 6) is 0.193. The maximum absolute atomic E-state index is 12.6. The van der Waals surface area contributed by atoms with Crippen molar-refractivity contribution in [3.63, 3.8) is 0 Å². The van der Waals surface area contributed by atoms with Crippen LogP contribution in [-0.4, -0.2) is 24.0 Å². The first-order valence-corrected chi connectivity index (χ1v) is 8.34. The van der Waals surface area contributed by atoms with Crippen LogP contribution in [0.2, 0.25) is 0 Å². The standard InChI is InChI=1S/C19H22N2O5/c1-5-25-17-10-15(16(21(23)24)11-18(17)26-6-2)20-19(22)14-8-7-12(3)9-13(14)4/h7-11H,5-6H2,1-4H3,(H,20,22). The molecule has 0 fully saturated rings. The second-order valence-electron chi connectivity index (χ2n) is 5.71. The molecule has 0 aliphatic heterocycles. The number of nitro benzene ring substituents is 1. The zero-order valence-corrected chi connectivity index (χ0v) is 15.3. The minimum absolute atomic E-state index is 0.0619. The number of amides is 1. The van der Waals surface area contributed by atoms with Gasteiger partial charge in [-0.2, -0.15) is 0 Å². The van der Waals surface area contributed by atoms with E-state index in [9.17, 15) is 14.9 Å². The Hall–Kier alpha value is -3.09. The molecule has 0 saturated carbocycles. The summed E-state index contributed by atoms with van der Waals surface area (Å²) in [4.78, 5) is 23.5. The van der Waals surface area contributed by atoms with E-state index < -0.39 is 10.8 Å². The van der Waals surface area contributed by atoms with E-state index in [0.29, 0.717) is 24.5 Å².